The molecule has 0 radical (unpaired) electrons. The van der Waals surface area contributed by atoms with Gasteiger partial charge in [-0.25, -0.2) is 4.39 Å². The molecule has 0 spiro atoms. The van der Waals surface area contributed by atoms with E-state index in [-0.39, 0.29) is 6.42 Å². The third-order valence-corrected chi connectivity index (χ3v) is 2.70. The first-order valence-corrected chi connectivity index (χ1v) is 5.64. The van der Waals surface area contributed by atoms with Crippen molar-refractivity contribution >= 4 is 0 Å². The van der Waals surface area contributed by atoms with Crippen LogP contribution in [0.1, 0.15) is 23.7 Å². The number of alkyl halides is 3. The Balaban J connectivity index is 2.98. The molecule has 0 aliphatic rings. The highest BCUT2D eigenvalue weighted by atomic mass is 19.4. The van der Waals surface area contributed by atoms with E-state index in [1.807, 2.05) is 0 Å². The molecule has 0 bridgehead atoms. The van der Waals surface area contributed by atoms with Crippen LogP contribution in [-0.4, -0.2) is 29.9 Å². The summed E-state index contributed by atoms with van der Waals surface area (Å²) >= 11 is 0. The van der Waals surface area contributed by atoms with Crippen molar-refractivity contribution in [3.63, 3.8) is 0 Å². The third kappa shape index (κ3) is 4.15. The lowest BCUT2D eigenvalue weighted by atomic mass is 9.99. The van der Waals surface area contributed by atoms with Crippen molar-refractivity contribution in [3.8, 4) is 0 Å². The number of hydrogen-bond acceptors (Lipinski definition) is 3. The van der Waals surface area contributed by atoms with Gasteiger partial charge in [-0.2, -0.15) is 13.2 Å². The van der Waals surface area contributed by atoms with Crippen LogP contribution in [0.25, 0.3) is 0 Å². The molecule has 0 fully saturated rings. The lowest BCUT2D eigenvalue weighted by molar-refractivity contribution is -0.137. The van der Waals surface area contributed by atoms with E-state index in [4.69, 9.17) is 0 Å². The minimum absolute atomic E-state index is 0.0906. The summed E-state index contributed by atoms with van der Waals surface area (Å²) in [7, 11) is 1.62. The Morgan fingerprint density at radius 2 is 1.89 bits per heavy atom. The van der Waals surface area contributed by atoms with Crippen LogP contribution in [0.15, 0.2) is 18.2 Å². The second kappa shape index (κ2) is 6.31. The molecule has 2 atom stereocenters. The Morgan fingerprint density at radius 3 is 2.42 bits per heavy atom. The molecule has 1 aromatic rings. The highest BCUT2D eigenvalue weighted by Gasteiger charge is 2.32. The van der Waals surface area contributed by atoms with Crippen molar-refractivity contribution < 1.29 is 27.8 Å². The predicted octanol–water partition coefficient (Wildman–Crippen LogP) is 1.85. The number of rotatable bonds is 5. The van der Waals surface area contributed by atoms with Crippen LogP contribution in [0.5, 0.6) is 0 Å². The molecular formula is C12H15F4NO2. The quantitative estimate of drug-likeness (QED) is 0.722. The predicted molar refractivity (Wildman–Crippen MR) is 60.9 cm³/mol. The van der Waals surface area contributed by atoms with Crippen molar-refractivity contribution in [2.45, 2.75) is 24.8 Å². The summed E-state index contributed by atoms with van der Waals surface area (Å²) in [5, 5.41) is 22.0. The van der Waals surface area contributed by atoms with Crippen molar-refractivity contribution in [1.82, 2.24) is 5.32 Å². The van der Waals surface area contributed by atoms with E-state index in [0.717, 1.165) is 0 Å². The summed E-state index contributed by atoms with van der Waals surface area (Å²) in [5.41, 5.74) is -1.62. The molecule has 0 aliphatic carbocycles. The Morgan fingerprint density at radius 1 is 1.26 bits per heavy atom. The Hall–Kier alpha value is -1.18. The fourth-order valence-electron chi connectivity index (χ4n) is 1.60. The number of hydrogen-bond donors (Lipinski definition) is 3. The van der Waals surface area contributed by atoms with Gasteiger partial charge < -0.3 is 15.5 Å². The number of nitrogens with one attached hydrogen (secondary N) is 1. The number of aliphatic hydroxyl groups is 2. The number of benzene rings is 1. The molecule has 0 aliphatic heterocycles. The minimum atomic E-state index is -4.63. The molecule has 0 amide bonds. The molecule has 1 aromatic carbocycles. The summed E-state index contributed by atoms with van der Waals surface area (Å²) in [6, 6.07) is 1.74. The minimum Gasteiger partial charge on any atom is -0.390 e. The maximum atomic E-state index is 13.4. The van der Waals surface area contributed by atoms with Gasteiger partial charge in [-0.05, 0) is 38.2 Å². The molecule has 3 N–H and O–H groups in total. The number of halogens is 4. The molecular weight excluding hydrogens is 266 g/mol. The van der Waals surface area contributed by atoms with Crippen molar-refractivity contribution in [3.05, 3.63) is 35.1 Å². The van der Waals surface area contributed by atoms with Gasteiger partial charge in [0.15, 0.2) is 0 Å². The van der Waals surface area contributed by atoms with Crippen LogP contribution < -0.4 is 5.32 Å². The smallest absolute Gasteiger partial charge is 0.390 e. The first kappa shape index (κ1) is 15.9. The highest BCUT2D eigenvalue weighted by Crippen LogP contribution is 2.32. The van der Waals surface area contributed by atoms with Gasteiger partial charge in [0.1, 0.15) is 11.9 Å². The lowest BCUT2D eigenvalue weighted by Crippen LogP contribution is -2.24. The zero-order valence-electron chi connectivity index (χ0n) is 10.2. The zero-order chi connectivity index (χ0) is 14.6. The van der Waals surface area contributed by atoms with Crippen molar-refractivity contribution in [2.75, 3.05) is 13.6 Å². The molecule has 108 valence electrons. The molecule has 0 heterocycles. The summed E-state index contributed by atoms with van der Waals surface area (Å²) in [6.45, 7) is 0.346. The second-order valence-electron chi connectivity index (χ2n) is 4.14. The molecule has 0 aromatic heterocycles. The first-order valence-electron chi connectivity index (χ1n) is 5.64. The molecule has 2 unspecified atom stereocenters. The standard InChI is InChI=1S/C12H15F4NO2/c1-17-5-4-10(18)11(19)8-6-7(12(14,15)16)2-3-9(8)13/h2-3,6,10-11,17-19H,4-5H2,1H3. The van der Waals surface area contributed by atoms with Crippen molar-refractivity contribution in [2.24, 2.45) is 0 Å². The van der Waals surface area contributed by atoms with Gasteiger partial charge in [0.2, 0.25) is 0 Å². The first-order chi connectivity index (χ1) is 8.77. The Labute approximate surface area is 107 Å². The number of aliphatic hydroxyl groups excluding tert-OH is 2. The van der Waals surface area contributed by atoms with Gasteiger partial charge in [-0.1, -0.05) is 0 Å². The maximum Gasteiger partial charge on any atom is 0.416 e. The van der Waals surface area contributed by atoms with Gasteiger partial charge in [0.25, 0.3) is 0 Å². The summed E-state index contributed by atoms with van der Waals surface area (Å²) < 4.78 is 50.9. The van der Waals surface area contributed by atoms with E-state index in [9.17, 15) is 27.8 Å². The highest BCUT2D eigenvalue weighted by molar-refractivity contribution is 5.29. The lowest BCUT2D eigenvalue weighted by Gasteiger charge is -2.19. The Bertz CT molecular complexity index is 423. The van der Waals surface area contributed by atoms with E-state index < -0.39 is 35.3 Å². The summed E-state index contributed by atoms with van der Waals surface area (Å²) in [6.07, 6.45) is -7.58. The van der Waals surface area contributed by atoms with Gasteiger partial charge in [-0.15, -0.1) is 0 Å². The summed E-state index contributed by atoms with van der Waals surface area (Å²) in [4.78, 5) is 0. The van der Waals surface area contributed by atoms with Gasteiger partial charge in [0, 0.05) is 5.56 Å². The molecule has 7 heteroatoms. The van der Waals surface area contributed by atoms with Crippen LogP contribution in [-0.2, 0) is 6.18 Å². The van der Waals surface area contributed by atoms with E-state index in [1.165, 1.54) is 0 Å². The second-order valence-corrected chi connectivity index (χ2v) is 4.14. The topological polar surface area (TPSA) is 52.5 Å². The molecule has 0 saturated heterocycles. The zero-order valence-corrected chi connectivity index (χ0v) is 10.2. The van der Waals surface area contributed by atoms with E-state index in [1.54, 1.807) is 7.05 Å². The monoisotopic (exact) mass is 281 g/mol. The summed E-state index contributed by atoms with van der Waals surface area (Å²) in [5.74, 6) is -0.982. The van der Waals surface area contributed by atoms with Gasteiger partial charge >= 0.3 is 6.18 Å². The van der Waals surface area contributed by atoms with Gasteiger partial charge in [0.05, 0.1) is 11.7 Å². The molecule has 0 saturated carbocycles. The third-order valence-electron chi connectivity index (χ3n) is 2.70. The SMILES string of the molecule is CNCCC(O)C(O)c1cc(C(F)(F)F)ccc1F. The van der Waals surface area contributed by atoms with E-state index in [2.05, 4.69) is 5.32 Å². The van der Waals surface area contributed by atoms with Crippen molar-refractivity contribution in [1.29, 1.82) is 0 Å². The molecule has 3 nitrogen and oxygen atoms in total. The largest absolute Gasteiger partial charge is 0.416 e. The average molecular weight is 281 g/mol. The van der Waals surface area contributed by atoms with Gasteiger partial charge in [-0.3, -0.25) is 0 Å². The normalized spacial score (nSPS) is 15.3. The molecule has 19 heavy (non-hydrogen) atoms. The van der Waals surface area contributed by atoms with E-state index >= 15 is 0 Å². The fourth-order valence-corrected chi connectivity index (χ4v) is 1.60. The van der Waals surface area contributed by atoms with Crippen LogP contribution in [0, 0.1) is 5.82 Å². The van der Waals surface area contributed by atoms with Crippen LogP contribution in [0.4, 0.5) is 17.6 Å². The fraction of sp³-hybridized carbons (Fsp3) is 0.500. The van der Waals surface area contributed by atoms with Crippen LogP contribution in [0.2, 0.25) is 0 Å². The Kier molecular flexibility index (Phi) is 5.28. The van der Waals surface area contributed by atoms with Crippen LogP contribution >= 0.6 is 0 Å². The molecule has 1 rings (SSSR count). The maximum absolute atomic E-state index is 13.4. The average Bonchev–Trinajstić information content (AvgIpc) is 2.34. The van der Waals surface area contributed by atoms with E-state index in [0.29, 0.717) is 24.7 Å². The van der Waals surface area contributed by atoms with Crippen LogP contribution in [0.3, 0.4) is 0 Å².